The van der Waals surface area contributed by atoms with Crippen LogP contribution in [0.1, 0.15) is 16.8 Å². The minimum atomic E-state index is 0.738. The van der Waals surface area contributed by atoms with Gasteiger partial charge in [0.15, 0.2) is 0 Å². The van der Waals surface area contributed by atoms with Gasteiger partial charge in [0.2, 0.25) is 0 Å². The van der Waals surface area contributed by atoms with Crippen LogP contribution in [-0.2, 0) is 0 Å². The zero-order valence-electron chi connectivity index (χ0n) is 6.83. The molecule has 0 aliphatic heterocycles. The fraction of sp³-hybridized carbons (Fsp3) is 0. The highest BCUT2D eigenvalue weighted by Gasteiger charge is 2.00. The Morgan fingerprint density at radius 3 is 2.33 bits per heavy atom. The molecule has 2 heteroatoms. The third-order valence-electron chi connectivity index (χ3n) is 1.57. The van der Waals surface area contributed by atoms with Crippen LogP contribution in [0.15, 0.2) is 25.9 Å². The molecule has 1 heterocycles. The summed E-state index contributed by atoms with van der Waals surface area (Å²) in [7, 11) is 0. The zero-order chi connectivity index (χ0) is 8.97. The molecule has 12 heavy (non-hydrogen) atoms. The summed E-state index contributed by atoms with van der Waals surface area (Å²) >= 11 is 0. The quantitative estimate of drug-likeness (QED) is 0.675. The summed E-state index contributed by atoms with van der Waals surface area (Å²) in [5.41, 5.74) is 2.59. The molecule has 2 nitrogen and oxygen atoms in total. The average Bonchev–Trinajstić information content (AvgIpc) is 2.16. The van der Waals surface area contributed by atoms with Gasteiger partial charge in [0.05, 0.1) is 11.9 Å². The first-order valence-corrected chi connectivity index (χ1v) is 3.56. The maximum absolute atomic E-state index is 3.89. The molecule has 60 valence electrons. The van der Waals surface area contributed by atoms with Crippen molar-refractivity contribution in [3.63, 3.8) is 0 Å². The molecular formula is C10H10N2. The molecule has 0 saturated heterocycles. The van der Waals surface area contributed by atoms with Gasteiger partial charge >= 0.3 is 0 Å². The second-order valence-corrected chi connectivity index (χ2v) is 2.21. The smallest absolute Gasteiger partial charge is 0.0929 e. The van der Waals surface area contributed by atoms with Crippen molar-refractivity contribution in [1.82, 2.24) is 10.2 Å². The van der Waals surface area contributed by atoms with E-state index in [9.17, 15) is 0 Å². The van der Waals surface area contributed by atoms with E-state index in [4.69, 9.17) is 0 Å². The van der Waals surface area contributed by atoms with Crippen LogP contribution < -0.4 is 0 Å². The highest BCUT2D eigenvalue weighted by Crippen LogP contribution is 2.14. The first-order valence-electron chi connectivity index (χ1n) is 3.56. The van der Waals surface area contributed by atoms with Gasteiger partial charge in [-0.1, -0.05) is 31.9 Å². The van der Waals surface area contributed by atoms with Crippen LogP contribution in [0.4, 0.5) is 0 Å². The fourth-order valence-electron chi connectivity index (χ4n) is 0.960. The first kappa shape index (κ1) is 8.40. The Morgan fingerprint density at radius 1 is 1.08 bits per heavy atom. The summed E-state index contributed by atoms with van der Waals surface area (Å²) in [5.74, 6) is 0. The van der Waals surface area contributed by atoms with Crippen LogP contribution in [-0.4, -0.2) is 10.2 Å². The summed E-state index contributed by atoms with van der Waals surface area (Å²) in [6.45, 7) is 11.0. The maximum atomic E-state index is 3.89. The molecule has 0 aliphatic carbocycles. The monoisotopic (exact) mass is 158 g/mol. The second-order valence-electron chi connectivity index (χ2n) is 2.21. The summed E-state index contributed by atoms with van der Waals surface area (Å²) < 4.78 is 0. The SMILES string of the molecule is C=Cc1cnnc(C=C)c1C=C. The van der Waals surface area contributed by atoms with Crippen molar-refractivity contribution in [3.05, 3.63) is 42.8 Å². The van der Waals surface area contributed by atoms with Gasteiger partial charge in [-0.2, -0.15) is 10.2 Å². The number of hydrogen-bond acceptors (Lipinski definition) is 2. The van der Waals surface area contributed by atoms with Gasteiger partial charge in [-0.05, 0) is 6.08 Å². The Hall–Kier alpha value is -1.70. The van der Waals surface area contributed by atoms with Gasteiger partial charge in [-0.15, -0.1) is 0 Å². The number of aromatic nitrogens is 2. The van der Waals surface area contributed by atoms with Crippen molar-refractivity contribution in [3.8, 4) is 0 Å². The molecular weight excluding hydrogens is 148 g/mol. The van der Waals surface area contributed by atoms with Crippen LogP contribution >= 0.6 is 0 Å². The van der Waals surface area contributed by atoms with Gasteiger partial charge in [-0.25, -0.2) is 0 Å². The second kappa shape index (κ2) is 3.62. The molecule has 1 aromatic heterocycles. The van der Waals surface area contributed by atoms with Crippen LogP contribution in [0.5, 0.6) is 0 Å². The van der Waals surface area contributed by atoms with Gasteiger partial charge < -0.3 is 0 Å². The largest absolute Gasteiger partial charge is 0.158 e. The summed E-state index contributed by atoms with van der Waals surface area (Å²) in [6, 6.07) is 0. The van der Waals surface area contributed by atoms with Crippen molar-refractivity contribution in [2.24, 2.45) is 0 Å². The van der Waals surface area contributed by atoms with Gasteiger partial charge in [0.1, 0.15) is 0 Å². The predicted octanol–water partition coefficient (Wildman–Crippen LogP) is 2.41. The Balaban J connectivity index is 3.40. The van der Waals surface area contributed by atoms with E-state index in [1.165, 1.54) is 0 Å². The number of rotatable bonds is 3. The Bertz CT molecular complexity index is 300. The van der Waals surface area contributed by atoms with Gasteiger partial charge in [0.25, 0.3) is 0 Å². The fourth-order valence-corrected chi connectivity index (χ4v) is 0.960. The van der Waals surface area contributed by atoms with E-state index in [1.54, 1.807) is 24.4 Å². The minimum absolute atomic E-state index is 0.738. The first-order chi connectivity index (χ1) is 5.83. The Labute approximate surface area is 72.0 Å². The van der Waals surface area contributed by atoms with Gasteiger partial charge in [0, 0.05) is 11.1 Å². The Kier molecular flexibility index (Phi) is 2.53. The lowest BCUT2D eigenvalue weighted by Crippen LogP contribution is -1.92. The zero-order valence-corrected chi connectivity index (χ0v) is 6.83. The molecule has 0 unspecified atom stereocenters. The lowest BCUT2D eigenvalue weighted by Gasteiger charge is -2.01. The van der Waals surface area contributed by atoms with Crippen molar-refractivity contribution in [2.45, 2.75) is 0 Å². The van der Waals surface area contributed by atoms with Gasteiger partial charge in [-0.3, -0.25) is 0 Å². The summed E-state index contributed by atoms with van der Waals surface area (Å²) in [4.78, 5) is 0. The molecule has 1 rings (SSSR count). The molecule has 0 amide bonds. The molecule has 0 N–H and O–H groups in total. The average molecular weight is 158 g/mol. The highest BCUT2D eigenvalue weighted by atomic mass is 15.1. The number of nitrogens with zero attached hydrogens (tertiary/aromatic N) is 2. The molecule has 0 radical (unpaired) electrons. The van der Waals surface area contributed by atoms with E-state index in [-0.39, 0.29) is 0 Å². The lowest BCUT2D eigenvalue weighted by atomic mass is 10.1. The van der Waals surface area contributed by atoms with E-state index >= 15 is 0 Å². The molecule has 0 fully saturated rings. The molecule has 0 bridgehead atoms. The topological polar surface area (TPSA) is 25.8 Å². The van der Waals surface area contributed by atoms with E-state index in [0.29, 0.717) is 0 Å². The molecule has 0 aliphatic rings. The van der Waals surface area contributed by atoms with Crippen molar-refractivity contribution >= 4 is 18.2 Å². The van der Waals surface area contributed by atoms with Crippen LogP contribution in [0.3, 0.4) is 0 Å². The van der Waals surface area contributed by atoms with E-state index in [0.717, 1.165) is 16.8 Å². The molecule has 0 aromatic carbocycles. The predicted molar refractivity (Wildman–Crippen MR) is 52.3 cm³/mol. The standard InChI is InChI=1S/C10H10N2/c1-4-8-7-11-12-10(6-3)9(8)5-2/h4-7H,1-3H2. The third kappa shape index (κ3) is 1.32. The molecule has 0 atom stereocenters. The normalized spacial score (nSPS) is 9.00. The maximum Gasteiger partial charge on any atom is 0.0929 e. The Morgan fingerprint density at radius 2 is 1.83 bits per heavy atom. The van der Waals surface area contributed by atoms with Crippen LogP contribution in [0.25, 0.3) is 18.2 Å². The van der Waals surface area contributed by atoms with Crippen molar-refractivity contribution < 1.29 is 0 Å². The highest BCUT2D eigenvalue weighted by molar-refractivity contribution is 5.69. The van der Waals surface area contributed by atoms with Crippen LogP contribution in [0.2, 0.25) is 0 Å². The minimum Gasteiger partial charge on any atom is -0.158 e. The van der Waals surface area contributed by atoms with Crippen molar-refractivity contribution in [1.29, 1.82) is 0 Å². The van der Waals surface area contributed by atoms with E-state index in [2.05, 4.69) is 29.9 Å². The summed E-state index contributed by atoms with van der Waals surface area (Å²) in [6.07, 6.45) is 6.75. The van der Waals surface area contributed by atoms with Crippen molar-refractivity contribution in [2.75, 3.05) is 0 Å². The number of hydrogen-bond donors (Lipinski definition) is 0. The molecule has 0 spiro atoms. The lowest BCUT2D eigenvalue weighted by molar-refractivity contribution is 1.01. The van der Waals surface area contributed by atoms with Crippen LogP contribution in [0, 0.1) is 0 Å². The van der Waals surface area contributed by atoms with E-state index in [1.807, 2.05) is 0 Å². The third-order valence-corrected chi connectivity index (χ3v) is 1.57. The molecule has 1 aromatic rings. The molecule has 0 saturated carbocycles. The van der Waals surface area contributed by atoms with E-state index < -0.39 is 0 Å². The summed E-state index contributed by atoms with van der Waals surface area (Å²) in [5, 5.41) is 7.68.